The molecule has 5 nitrogen and oxygen atoms in total. The predicted molar refractivity (Wildman–Crippen MR) is 121 cm³/mol. The predicted octanol–water partition coefficient (Wildman–Crippen LogP) is 4.65. The third-order valence-corrected chi connectivity index (χ3v) is 7.28. The Balaban J connectivity index is 1.26. The lowest BCUT2D eigenvalue weighted by molar-refractivity contribution is -0.0800. The van der Waals surface area contributed by atoms with Crippen molar-refractivity contribution in [3.05, 3.63) is 93.5 Å². The van der Waals surface area contributed by atoms with E-state index < -0.39 is 22.2 Å². The monoisotopic (exact) mass is 470 g/mol. The van der Waals surface area contributed by atoms with Crippen molar-refractivity contribution in [1.29, 1.82) is 0 Å². The first-order chi connectivity index (χ1) is 15.8. The quantitative estimate of drug-likeness (QED) is 0.562. The molecular weight excluding hydrogens is 446 g/mol. The zero-order chi connectivity index (χ0) is 23.2. The maximum atomic E-state index is 13.9. The van der Waals surface area contributed by atoms with Gasteiger partial charge >= 0.3 is 0 Å². The van der Waals surface area contributed by atoms with Crippen LogP contribution < -0.4 is 5.73 Å². The second-order valence-electron chi connectivity index (χ2n) is 9.10. The van der Waals surface area contributed by atoms with Crippen LogP contribution in [0.25, 0.3) is 0 Å². The molecule has 172 valence electrons. The Morgan fingerprint density at radius 3 is 2.55 bits per heavy atom. The van der Waals surface area contributed by atoms with Crippen LogP contribution in [0.1, 0.15) is 47.7 Å². The Morgan fingerprint density at radius 2 is 1.88 bits per heavy atom. The lowest BCUT2D eigenvalue weighted by atomic mass is 9.84. The Morgan fingerprint density at radius 1 is 1.15 bits per heavy atom. The van der Waals surface area contributed by atoms with Gasteiger partial charge in [-0.2, -0.15) is 0 Å². The second kappa shape index (κ2) is 8.40. The third kappa shape index (κ3) is 4.04. The number of hydrogen-bond donors (Lipinski definition) is 1. The van der Waals surface area contributed by atoms with Gasteiger partial charge < -0.3 is 10.5 Å². The second-order valence-corrected chi connectivity index (χ2v) is 9.48. The van der Waals surface area contributed by atoms with E-state index in [-0.39, 0.29) is 11.2 Å². The van der Waals surface area contributed by atoms with Crippen molar-refractivity contribution < 1.29 is 13.5 Å². The molecule has 2 N–H and O–H groups in total. The zero-order valence-corrected chi connectivity index (χ0v) is 19.1. The van der Waals surface area contributed by atoms with Gasteiger partial charge in [-0.05, 0) is 60.7 Å². The summed E-state index contributed by atoms with van der Waals surface area (Å²) in [7, 11) is 0. The van der Waals surface area contributed by atoms with E-state index >= 15 is 0 Å². The number of likely N-dealkylation sites (tertiary alicyclic amines) is 1. The number of nitrogens with two attached hydrogens (primary N) is 1. The maximum Gasteiger partial charge on any atom is 0.145 e. The number of benzene rings is 1. The minimum Gasteiger partial charge on any atom is -0.365 e. The number of fused-ring (bicyclic) bond motifs is 2. The summed E-state index contributed by atoms with van der Waals surface area (Å²) < 4.78 is 34.1. The van der Waals surface area contributed by atoms with Crippen molar-refractivity contribution in [3.63, 3.8) is 0 Å². The standard InChI is InChI=1S/C25H25ClF2N4O/c1-24(29,18-10-20(27)23(26)21(28)11-18)22-3-2-16(12-31-22)14-32-8-5-25(6-9-32)19-13-30-7-4-17(19)15-33-25/h2-4,7,10-13H,5-6,8-9,14-15,29H2,1H3/t24-/m0/s1. The van der Waals surface area contributed by atoms with Gasteiger partial charge in [-0.1, -0.05) is 17.7 Å². The van der Waals surface area contributed by atoms with Crippen LogP contribution in [0.2, 0.25) is 5.02 Å². The van der Waals surface area contributed by atoms with E-state index in [2.05, 4.69) is 14.9 Å². The highest BCUT2D eigenvalue weighted by atomic mass is 35.5. The van der Waals surface area contributed by atoms with Gasteiger partial charge in [0.15, 0.2) is 0 Å². The first kappa shape index (κ1) is 22.3. The zero-order valence-electron chi connectivity index (χ0n) is 18.3. The van der Waals surface area contributed by atoms with Gasteiger partial charge in [0.25, 0.3) is 0 Å². The summed E-state index contributed by atoms with van der Waals surface area (Å²) in [5.74, 6) is -1.68. The van der Waals surface area contributed by atoms with E-state index in [4.69, 9.17) is 22.1 Å². The van der Waals surface area contributed by atoms with Gasteiger partial charge in [-0.25, -0.2) is 8.78 Å². The van der Waals surface area contributed by atoms with Crippen molar-refractivity contribution in [2.24, 2.45) is 5.73 Å². The molecular formula is C25H25ClF2N4O. The Hall–Kier alpha value is -2.45. The van der Waals surface area contributed by atoms with Gasteiger partial charge in [0.2, 0.25) is 0 Å². The molecule has 2 aliphatic rings. The van der Waals surface area contributed by atoms with Crippen LogP contribution in [-0.4, -0.2) is 28.0 Å². The van der Waals surface area contributed by atoms with Crippen molar-refractivity contribution in [3.8, 4) is 0 Å². The van der Waals surface area contributed by atoms with Gasteiger partial charge in [-0.3, -0.25) is 14.9 Å². The van der Waals surface area contributed by atoms with Gasteiger partial charge in [0.1, 0.15) is 16.7 Å². The average molecular weight is 471 g/mol. The molecule has 2 aromatic heterocycles. The number of halogens is 3. The van der Waals surface area contributed by atoms with E-state index in [1.54, 1.807) is 13.1 Å². The van der Waals surface area contributed by atoms with Crippen molar-refractivity contribution in [1.82, 2.24) is 14.9 Å². The van der Waals surface area contributed by atoms with E-state index in [0.29, 0.717) is 12.3 Å². The number of aromatic nitrogens is 2. The lowest BCUT2D eigenvalue weighted by Crippen LogP contribution is -2.42. The highest BCUT2D eigenvalue weighted by Gasteiger charge is 2.42. The molecule has 1 atom stereocenters. The van der Waals surface area contributed by atoms with E-state index in [9.17, 15) is 8.78 Å². The average Bonchev–Trinajstić information content (AvgIpc) is 3.17. The smallest absolute Gasteiger partial charge is 0.145 e. The first-order valence-corrected chi connectivity index (χ1v) is 11.4. The normalized spacial score (nSPS) is 19.4. The van der Waals surface area contributed by atoms with Crippen LogP contribution in [0.3, 0.4) is 0 Å². The number of ether oxygens (including phenoxy) is 1. The van der Waals surface area contributed by atoms with Crippen LogP contribution in [0.15, 0.2) is 48.9 Å². The molecule has 2 aliphatic heterocycles. The molecule has 4 heterocycles. The Bertz CT molecular complexity index is 1150. The molecule has 8 heteroatoms. The summed E-state index contributed by atoms with van der Waals surface area (Å²) in [4.78, 5) is 11.2. The topological polar surface area (TPSA) is 64.3 Å². The highest BCUT2D eigenvalue weighted by Crippen LogP contribution is 2.43. The summed E-state index contributed by atoms with van der Waals surface area (Å²) in [6, 6.07) is 8.13. The summed E-state index contributed by atoms with van der Waals surface area (Å²) in [5, 5.41) is -0.538. The molecule has 33 heavy (non-hydrogen) atoms. The molecule has 5 rings (SSSR count). The fourth-order valence-electron chi connectivity index (χ4n) is 4.83. The molecule has 1 aromatic carbocycles. The number of hydrogen-bond acceptors (Lipinski definition) is 5. The summed E-state index contributed by atoms with van der Waals surface area (Å²) in [6.07, 6.45) is 7.39. The molecule has 1 spiro atoms. The summed E-state index contributed by atoms with van der Waals surface area (Å²) in [5.41, 5.74) is 9.35. The summed E-state index contributed by atoms with van der Waals surface area (Å²) in [6.45, 7) is 4.91. The van der Waals surface area contributed by atoms with E-state index in [0.717, 1.165) is 50.2 Å². The van der Waals surface area contributed by atoms with Crippen LogP contribution in [-0.2, 0) is 29.0 Å². The van der Waals surface area contributed by atoms with Crippen LogP contribution in [0, 0.1) is 11.6 Å². The molecule has 1 fully saturated rings. The first-order valence-electron chi connectivity index (χ1n) is 11.0. The highest BCUT2D eigenvalue weighted by molar-refractivity contribution is 6.30. The number of nitrogens with zero attached hydrogens (tertiary/aromatic N) is 3. The molecule has 0 radical (unpaired) electrons. The maximum absolute atomic E-state index is 13.9. The number of piperidine rings is 1. The molecule has 0 aliphatic carbocycles. The molecule has 0 bridgehead atoms. The molecule has 0 amide bonds. The fourth-order valence-corrected chi connectivity index (χ4v) is 4.93. The summed E-state index contributed by atoms with van der Waals surface area (Å²) >= 11 is 5.60. The van der Waals surface area contributed by atoms with Gasteiger partial charge in [-0.15, -0.1) is 0 Å². The minimum atomic E-state index is -1.16. The Kier molecular flexibility index (Phi) is 5.69. The number of pyridine rings is 2. The van der Waals surface area contributed by atoms with Crippen molar-refractivity contribution >= 4 is 11.6 Å². The molecule has 3 aromatic rings. The minimum absolute atomic E-state index is 0.216. The van der Waals surface area contributed by atoms with Gasteiger partial charge in [0, 0.05) is 43.8 Å². The van der Waals surface area contributed by atoms with Crippen molar-refractivity contribution in [2.75, 3.05) is 13.1 Å². The van der Waals surface area contributed by atoms with Gasteiger partial charge in [0.05, 0.1) is 23.4 Å². The fraction of sp³-hybridized carbons (Fsp3) is 0.360. The van der Waals surface area contributed by atoms with Crippen LogP contribution in [0.4, 0.5) is 8.78 Å². The van der Waals surface area contributed by atoms with E-state index in [1.165, 1.54) is 11.1 Å². The van der Waals surface area contributed by atoms with Crippen LogP contribution in [0.5, 0.6) is 0 Å². The molecule has 0 unspecified atom stereocenters. The van der Waals surface area contributed by atoms with E-state index in [1.807, 2.05) is 30.6 Å². The largest absolute Gasteiger partial charge is 0.365 e. The number of rotatable bonds is 4. The Labute approximate surface area is 196 Å². The lowest BCUT2D eigenvalue weighted by Gasteiger charge is -2.39. The van der Waals surface area contributed by atoms with Crippen molar-refractivity contribution in [2.45, 2.75) is 44.1 Å². The molecule has 0 saturated carbocycles. The SMILES string of the molecule is C[C@](N)(c1cc(F)c(Cl)c(F)c1)c1ccc(CN2CCC3(CC2)OCc2ccncc23)cn1. The molecule has 1 saturated heterocycles. The van der Waals surface area contributed by atoms with Crippen LogP contribution >= 0.6 is 11.6 Å². The third-order valence-electron chi connectivity index (χ3n) is 6.92.